The lowest BCUT2D eigenvalue weighted by atomic mass is 9.92. The van der Waals surface area contributed by atoms with E-state index in [0.29, 0.717) is 6.61 Å². The number of nitrogens with zero attached hydrogens (tertiary/aromatic N) is 1. The highest BCUT2D eigenvalue weighted by atomic mass is 16.7. The number of hydrogen-bond acceptors (Lipinski definition) is 5. The predicted molar refractivity (Wildman–Crippen MR) is 84.7 cm³/mol. The molecule has 1 amide bonds. The van der Waals surface area contributed by atoms with Crippen LogP contribution >= 0.6 is 0 Å². The summed E-state index contributed by atoms with van der Waals surface area (Å²) in [5.74, 6) is 0.466. The second-order valence-electron chi connectivity index (χ2n) is 5.82. The van der Waals surface area contributed by atoms with Crippen molar-refractivity contribution in [2.75, 3.05) is 27.9 Å². The van der Waals surface area contributed by atoms with Crippen molar-refractivity contribution in [2.45, 2.75) is 26.2 Å². The molecule has 0 unspecified atom stereocenters. The van der Waals surface area contributed by atoms with Gasteiger partial charge in [-0.25, -0.2) is 5.06 Å². The minimum Gasteiger partial charge on any atom is -0.497 e. The van der Waals surface area contributed by atoms with Gasteiger partial charge in [-0.05, 0) is 12.1 Å². The third-order valence-electron chi connectivity index (χ3n) is 4.21. The number of benzene rings is 1. The van der Waals surface area contributed by atoms with Crippen LogP contribution in [-0.4, -0.2) is 44.9 Å². The van der Waals surface area contributed by atoms with E-state index in [1.54, 1.807) is 14.2 Å². The van der Waals surface area contributed by atoms with Gasteiger partial charge in [0, 0.05) is 18.5 Å². The third-order valence-corrected chi connectivity index (χ3v) is 4.21. The number of rotatable bonds is 5. The zero-order valence-corrected chi connectivity index (χ0v) is 14.3. The Hall–Kier alpha value is -1.63. The summed E-state index contributed by atoms with van der Waals surface area (Å²) in [6, 6.07) is 7.54. The van der Waals surface area contributed by atoms with Crippen molar-refractivity contribution in [2.24, 2.45) is 11.8 Å². The predicted octanol–water partition coefficient (Wildman–Crippen LogP) is 2.40. The largest absolute Gasteiger partial charge is 0.497 e. The lowest BCUT2D eigenvalue weighted by Crippen LogP contribution is -2.45. The van der Waals surface area contributed by atoms with Gasteiger partial charge in [0.15, 0.2) is 6.29 Å². The molecule has 6 nitrogen and oxygen atoms in total. The molecule has 0 spiro atoms. The van der Waals surface area contributed by atoms with Crippen LogP contribution in [0.3, 0.4) is 0 Å². The Bertz CT molecular complexity index is 518. The average Bonchev–Trinajstić information content (AvgIpc) is 2.60. The van der Waals surface area contributed by atoms with Gasteiger partial charge in [-0.15, -0.1) is 0 Å². The van der Waals surface area contributed by atoms with Crippen LogP contribution < -0.4 is 4.74 Å². The van der Waals surface area contributed by atoms with Gasteiger partial charge >= 0.3 is 0 Å². The van der Waals surface area contributed by atoms with Gasteiger partial charge in [0.25, 0.3) is 5.91 Å². The highest BCUT2D eigenvalue weighted by Gasteiger charge is 2.37. The van der Waals surface area contributed by atoms with E-state index in [9.17, 15) is 4.79 Å². The number of ether oxygens (including phenoxy) is 3. The molecule has 0 bridgehead atoms. The van der Waals surface area contributed by atoms with Crippen molar-refractivity contribution < 1.29 is 23.8 Å². The van der Waals surface area contributed by atoms with E-state index in [1.165, 1.54) is 12.2 Å². The summed E-state index contributed by atoms with van der Waals surface area (Å²) in [7, 11) is 4.70. The maximum Gasteiger partial charge on any atom is 0.251 e. The van der Waals surface area contributed by atoms with Gasteiger partial charge in [0.05, 0.1) is 32.8 Å². The number of methoxy groups -OCH3 is 1. The smallest absolute Gasteiger partial charge is 0.251 e. The molecular formula is C17H25NO5. The molecule has 0 aliphatic carbocycles. The number of hydrogen-bond donors (Lipinski definition) is 0. The zero-order valence-electron chi connectivity index (χ0n) is 14.3. The van der Waals surface area contributed by atoms with E-state index in [2.05, 4.69) is 0 Å². The van der Waals surface area contributed by atoms with Crippen LogP contribution in [0, 0.1) is 11.8 Å². The van der Waals surface area contributed by atoms with Gasteiger partial charge < -0.3 is 14.2 Å². The summed E-state index contributed by atoms with van der Waals surface area (Å²) in [5.41, 5.74) is 0.905. The molecule has 1 aliphatic heterocycles. The first kappa shape index (κ1) is 17.7. The molecule has 4 atom stereocenters. The van der Waals surface area contributed by atoms with Crippen LogP contribution in [0.15, 0.2) is 24.3 Å². The topological polar surface area (TPSA) is 57.2 Å². The Morgan fingerprint density at radius 3 is 2.52 bits per heavy atom. The molecule has 128 valence electrons. The van der Waals surface area contributed by atoms with Crippen LogP contribution in [0.25, 0.3) is 0 Å². The fourth-order valence-electron chi connectivity index (χ4n) is 2.71. The highest BCUT2D eigenvalue weighted by molar-refractivity contribution is 5.77. The Labute approximate surface area is 137 Å². The average molecular weight is 323 g/mol. The molecule has 1 aliphatic rings. The van der Waals surface area contributed by atoms with Crippen molar-refractivity contribution in [1.29, 1.82) is 0 Å². The molecule has 1 aromatic rings. The zero-order chi connectivity index (χ0) is 17.0. The van der Waals surface area contributed by atoms with Gasteiger partial charge in [-0.1, -0.05) is 26.0 Å². The number of amides is 1. The van der Waals surface area contributed by atoms with Gasteiger partial charge in [-0.3, -0.25) is 9.63 Å². The maximum atomic E-state index is 12.3. The minimum absolute atomic E-state index is 0.111. The Balaban J connectivity index is 2.10. The molecular weight excluding hydrogens is 298 g/mol. The standard InChI is InChI=1S/C17H25NO5/c1-11-10-22-17(13-6-8-14(20-4)9-7-13)23-15(11)12(2)16(19)18(3)21-5/h6-9,11-12,15,17H,10H2,1-5H3/t11-,12+,15-,17-/m1/s1. The van der Waals surface area contributed by atoms with E-state index in [0.717, 1.165) is 11.3 Å². The summed E-state index contributed by atoms with van der Waals surface area (Å²) in [6.45, 7) is 4.41. The SMILES string of the molecule is COc1ccc([C@@H]2OC[C@@H](C)[C@H]([C@H](C)C(=O)N(C)OC)O2)cc1. The fraction of sp³-hybridized carbons (Fsp3) is 0.588. The molecule has 23 heavy (non-hydrogen) atoms. The fourth-order valence-corrected chi connectivity index (χ4v) is 2.71. The first-order valence-electron chi connectivity index (χ1n) is 7.70. The van der Waals surface area contributed by atoms with Gasteiger partial charge in [0.1, 0.15) is 5.75 Å². The number of hydroxylamine groups is 2. The third kappa shape index (κ3) is 4.02. The Kier molecular flexibility index (Phi) is 5.98. The van der Waals surface area contributed by atoms with Crippen LogP contribution in [0.1, 0.15) is 25.7 Å². The van der Waals surface area contributed by atoms with E-state index in [-0.39, 0.29) is 23.8 Å². The second kappa shape index (κ2) is 7.77. The minimum atomic E-state index is -0.481. The summed E-state index contributed by atoms with van der Waals surface area (Å²) < 4.78 is 17.0. The van der Waals surface area contributed by atoms with Crippen LogP contribution in [-0.2, 0) is 19.1 Å². The lowest BCUT2D eigenvalue weighted by Gasteiger charge is -2.38. The van der Waals surface area contributed by atoms with E-state index in [1.807, 2.05) is 38.1 Å². The number of carbonyl (C=O) groups excluding carboxylic acids is 1. The van der Waals surface area contributed by atoms with Crippen molar-refractivity contribution in [3.05, 3.63) is 29.8 Å². The van der Waals surface area contributed by atoms with Crippen LogP contribution in [0.2, 0.25) is 0 Å². The van der Waals surface area contributed by atoms with E-state index in [4.69, 9.17) is 19.0 Å². The molecule has 1 fully saturated rings. The lowest BCUT2D eigenvalue weighted by molar-refractivity contribution is -0.252. The molecule has 2 rings (SSSR count). The number of carbonyl (C=O) groups is 1. The van der Waals surface area contributed by atoms with Crippen molar-refractivity contribution in [1.82, 2.24) is 5.06 Å². The molecule has 6 heteroatoms. The summed E-state index contributed by atoms with van der Waals surface area (Å²) in [4.78, 5) is 17.3. The molecule has 1 heterocycles. The monoisotopic (exact) mass is 323 g/mol. The molecule has 0 N–H and O–H groups in total. The van der Waals surface area contributed by atoms with Gasteiger partial charge in [-0.2, -0.15) is 0 Å². The van der Waals surface area contributed by atoms with E-state index < -0.39 is 6.29 Å². The van der Waals surface area contributed by atoms with Crippen molar-refractivity contribution in [3.63, 3.8) is 0 Å². The first-order valence-corrected chi connectivity index (χ1v) is 7.70. The normalized spacial score (nSPS) is 25.7. The molecule has 0 radical (unpaired) electrons. The summed E-state index contributed by atoms with van der Waals surface area (Å²) >= 11 is 0. The molecule has 0 aromatic heterocycles. The van der Waals surface area contributed by atoms with Crippen LogP contribution in [0.5, 0.6) is 5.75 Å². The first-order chi connectivity index (χ1) is 11.0. The summed E-state index contributed by atoms with van der Waals surface area (Å²) in [5, 5.41) is 1.23. The Morgan fingerprint density at radius 1 is 1.30 bits per heavy atom. The van der Waals surface area contributed by atoms with E-state index >= 15 is 0 Å². The summed E-state index contributed by atoms with van der Waals surface area (Å²) in [6.07, 6.45) is -0.717. The van der Waals surface area contributed by atoms with Gasteiger partial charge in [0.2, 0.25) is 0 Å². The quantitative estimate of drug-likeness (QED) is 0.779. The molecule has 1 saturated heterocycles. The maximum absolute atomic E-state index is 12.3. The Morgan fingerprint density at radius 2 is 1.96 bits per heavy atom. The van der Waals surface area contributed by atoms with Crippen molar-refractivity contribution >= 4 is 5.91 Å². The van der Waals surface area contributed by atoms with Crippen LogP contribution in [0.4, 0.5) is 0 Å². The highest BCUT2D eigenvalue weighted by Crippen LogP contribution is 2.33. The molecule has 1 aromatic carbocycles. The second-order valence-corrected chi connectivity index (χ2v) is 5.82. The molecule has 0 saturated carbocycles. The van der Waals surface area contributed by atoms with Crippen molar-refractivity contribution in [3.8, 4) is 5.75 Å².